The first-order chi connectivity index (χ1) is 8.70. The van der Waals surface area contributed by atoms with Gasteiger partial charge in [0, 0.05) is 38.7 Å². The van der Waals surface area contributed by atoms with E-state index in [4.69, 9.17) is 16.3 Å². The van der Waals surface area contributed by atoms with Gasteiger partial charge in [-0.3, -0.25) is 14.3 Å². The van der Waals surface area contributed by atoms with E-state index in [2.05, 4.69) is 9.88 Å². The number of aryl methyl sites for hydroxylation is 1. The summed E-state index contributed by atoms with van der Waals surface area (Å²) in [5.41, 5.74) is -0.0693. The maximum absolute atomic E-state index is 11.9. The molecule has 2 rings (SSSR count). The molecule has 0 N–H and O–H groups in total. The number of halogens is 1. The Bertz CT molecular complexity index is 455. The van der Waals surface area contributed by atoms with Crippen LogP contribution in [-0.2, 0) is 17.7 Å². The van der Waals surface area contributed by atoms with Crippen LogP contribution in [0.25, 0.3) is 0 Å². The summed E-state index contributed by atoms with van der Waals surface area (Å²) in [6, 6.07) is 1.38. The van der Waals surface area contributed by atoms with Crippen LogP contribution in [0.3, 0.4) is 0 Å². The van der Waals surface area contributed by atoms with Gasteiger partial charge in [0.05, 0.1) is 13.2 Å². The molecule has 0 saturated carbocycles. The fraction of sp³-hybridized carbons (Fsp3) is 0.667. The van der Waals surface area contributed by atoms with Crippen LogP contribution in [0.2, 0.25) is 5.15 Å². The summed E-state index contributed by atoms with van der Waals surface area (Å²) in [5, 5.41) is 0.277. The summed E-state index contributed by atoms with van der Waals surface area (Å²) in [6.07, 6.45) is 0.707. The molecule has 1 fully saturated rings. The second kappa shape index (κ2) is 6.31. The van der Waals surface area contributed by atoms with E-state index in [1.807, 2.05) is 6.92 Å². The van der Waals surface area contributed by atoms with E-state index in [0.29, 0.717) is 13.0 Å². The highest BCUT2D eigenvalue weighted by atomic mass is 35.5. The topological polar surface area (TPSA) is 47.4 Å². The predicted molar refractivity (Wildman–Crippen MR) is 70.1 cm³/mol. The molecule has 0 radical (unpaired) electrons. The molecule has 1 aromatic rings. The molecule has 6 heteroatoms. The van der Waals surface area contributed by atoms with Crippen LogP contribution in [0.5, 0.6) is 0 Å². The van der Waals surface area contributed by atoms with Gasteiger partial charge in [-0.25, -0.2) is 4.98 Å². The Morgan fingerprint density at radius 1 is 1.39 bits per heavy atom. The van der Waals surface area contributed by atoms with E-state index in [0.717, 1.165) is 38.7 Å². The van der Waals surface area contributed by atoms with Crippen molar-refractivity contribution in [2.24, 2.45) is 0 Å². The molecule has 0 spiro atoms. The Balaban J connectivity index is 2.06. The van der Waals surface area contributed by atoms with Crippen LogP contribution in [-0.4, -0.2) is 47.3 Å². The van der Waals surface area contributed by atoms with Gasteiger partial charge in [0.1, 0.15) is 11.0 Å². The standard InChI is InChI=1S/C12H18ClN3O2/c1-2-11-14-10(13)9-12(17)16(11)4-3-15-5-7-18-8-6-15/h9H,2-8H2,1H3. The van der Waals surface area contributed by atoms with Crippen LogP contribution in [0.15, 0.2) is 10.9 Å². The Kier molecular flexibility index (Phi) is 4.74. The third-order valence-electron chi connectivity index (χ3n) is 3.12. The second-order valence-electron chi connectivity index (χ2n) is 4.29. The summed E-state index contributed by atoms with van der Waals surface area (Å²) < 4.78 is 7.01. The van der Waals surface area contributed by atoms with E-state index < -0.39 is 0 Å². The Labute approximate surface area is 111 Å². The average molecular weight is 272 g/mol. The number of hydrogen-bond acceptors (Lipinski definition) is 4. The first-order valence-electron chi connectivity index (χ1n) is 6.27. The average Bonchev–Trinajstić information content (AvgIpc) is 2.38. The Hall–Kier alpha value is -0.910. The van der Waals surface area contributed by atoms with Crippen LogP contribution >= 0.6 is 11.6 Å². The molecule has 5 nitrogen and oxygen atoms in total. The van der Waals surface area contributed by atoms with Crippen molar-refractivity contribution in [2.75, 3.05) is 32.8 Å². The summed E-state index contributed by atoms with van der Waals surface area (Å²) in [7, 11) is 0. The molecule has 0 aliphatic carbocycles. The van der Waals surface area contributed by atoms with Gasteiger partial charge in [-0.2, -0.15) is 0 Å². The summed E-state index contributed by atoms with van der Waals surface area (Å²) in [4.78, 5) is 18.4. The smallest absolute Gasteiger partial charge is 0.255 e. The zero-order valence-corrected chi connectivity index (χ0v) is 11.3. The minimum Gasteiger partial charge on any atom is -0.379 e. The number of nitrogens with zero attached hydrogens (tertiary/aromatic N) is 3. The number of morpholine rings is 1. The van der Waals surface area contributed by atoms with Crippen molar-refractivity contribution in [1.82, 2.24) is 14.5 Å². The van der Waals surface area contributed by atoms with E-state index in [-0.39, 0.29) is 10.7 Å². The molecule has 18 heavy (non-hydrogen) atoms. The van der Waals surface area contributed by atoms with Crippen LogP contribution in [0, 0.1) is 0 Å². The number of aromatic nitrogens is 2. The molecule has 0 unspecified atom stereocenters. The van der Waals surface area contributed by atoms with Gasteiger partial charge in [0.15, 0.2) is 0 Å². The van der Waals surface area contributed by atoms with Crippen molar-refractivity contribution < 1.29 is 4.74 Å². The van der Waals surface area contributed by atoms with Crippen molar-refractivity contribution in [2.45, 2.75) is 19.9 Å². The lowest BCUT2D eigenvalue weighted by Crippen LogP contribution is -2.39. The summed E-state index contributed by atoms with van der Waals surface area (Å²) in [6.45, 7) is 6.88. The number of hydrogen-bond donors (Lipinski definition) is 0. The fourth-order valence-corrected chi connectivity index (χ4v) is 2.29. The van der Waals surface area contributed by atoms with Crippen molar-refractivity contribution in [1.29, 1.82) is 0 Å². The van der Waals surface area contributed by atoms with Gasteiger partial charge >= 0.3 is 0 Å². The van der Waals surface area contributed by atoms with E-state index in [1.165, 1.54) is 6.07 Å². The van der Waals surface area contributed by atoms with Gasteiger partial charge in [0.2, 0.25) is 0 Å². The van der Waals surface area contributed by atoms with Gasteiger partial charge < -0.3 is 4.74 Å². The van der Waals surface area contributed by atoms with Crippen LogP contribution < -0.4 is 5.56 Å². The highest BCUT2D eigenvalue weighted by Crippen LogP contribution is 2.04. The highest BCUT2D eigenvalue weighted by molar-refractivity contribution is 6.29. The summed E-state index contributed by atoms with van der Waals surface area (Å²) >= 11 is 5.80. The number of rotatable bonds is 4. The molecule has 1 aromatic heterocycles. The molecule has 1 saturated heterocycles. The Morgan fingerprint density at radius 2 is 2.11 bits per heavy atom. The molecular formula is C12H18ClN3O2. The molecule has 0 aromatic carbocycles. The zero-order valence-electron chi connectivity index (χ0n) is 10.6. The lowest BCUT2D eigenvalue weighted by molar-refractivity contribution is 0.0361. The lowest BCUT2D eigenvalue weighted by Gasteiger charge is -2.27. The first kappa shape index (κ1) is 13.5. The van der Waals surface area contributed by atoms with Crippen molar-refractivity contribution in [3.8, 4) is 0 Å². The number of ether oxygens (including phenoxy) is 1. The third-order valence-corrected chi connectivity index (χ3v) is 3.31. The van der Waals surface area contributed by atoms with E-state index in [9.17, 15) is 4.79 Å². The normalized spacial score (nSPS) is 17.0. The molecule has 0 amide bonds. The van der Waals surface area contributed by atoms with E-state index >= 15 is 0 Å². The monoisotopic (exact) mass is 271 g/mol. The van der Waals surface area contributed by atoms with Gasteiger partial charge in [-0.15, -0.1) is 0 Å². The quantitative estimate of drug-likeness (QED) is 0.760. The van der Waals surface area contributed by atoms with Crippen LogP contribution in [0.1, 0.15) is 12.7 Å². The van der Waals surface area contributed by atoms with Gasteiger partial charge in [0.25, 0.3) is 5.56 Å². The van der Waals surface area contributed by atoms with Crippen LogP contribution in [0.4, 0.5) is 0 Å². The summed E-state index contributed by atoms with van der Waals surface area (Å²) in [5.74, 6) is 0.751. The fourth-order valence-electron chi connectivity index (χ4n) is 2.10. The van der Waals surface area contributed by atoms with Crippen molar-refractivity contribution in [3.05, 3.63) is 27.4 Å². The minimum atomic E-state index is -0.0693. The molecular weight excluding hydrogens is 254 g/mol. The molecule has 100 valence electrons. The molecule has 0 atom stereocenters. The third kappa shape index (κ3) is 3.31. The van der Waals surface area contributed by atoms with Gasteiger partial charge in [-0.05, 0) is 0 Å². The maximum Gasteiger partial charge on any atom is 0.255 e. The first-order valence-corrected chi connectivity index (χ1v) is 6.65. The maximum atomic E-state index is 11.9. The molecule has 1 aliphatic heterocycles. The minimum absolute atomic E-state index is 0.0693. The van der Waals surface area contributed by atoms with E-state index in [1.54, 1.807) is 4.57 Å². The second-order valence-corrected chi connectivity index (χ2v) is 4.68. The lowest BCUT2D eigenvalue weighted by atomic mass is 10.3. The van der Waals surface area contributed by atoms with Crippen molar-refractivity contribution >= 4 is 11.6 Å². The molecule has 0 bridgehead atoms. The Morgan fingerprint density at radius 3 is 2.78 bits per heavy atom. The zero-order chi connectivity index (χ0) is 13.0. The molecule has 1 aliphatic rings. The largest absolute Gasteiger partial charge is 0.379 e. The molecule has 2 heterocycles. The van der Waals surface area contributed by atoms with Gasteiger partial charge in [-0.1, -0.05) is 18.5 Å². The predicted octanol–water partition coefficient (Wildman–Crippen LogP) is 0.791. The highest BCUT2D eigenvalue weighted by Gasteiger charge is 2.12. The SMILES string of the molecule is CCc1nc(Cl)cc(=O)n1CCN1CCOCC1. The van der Waals surface area contributed by atoms with Crippen molar-refractivity contribution in [3.63, 3.8) is 0 Å².